The van der Waals surface area contributed by atoms with Crippen LogP contribution >= 0.6 is 0 Å². The first-order chi connectivity index (χ1) is 13.5. The molecule has 0 N–H and O–H groups in total. The average molecular weight is 383 g/mol. The van der Waals surface area contributed by atoms with Crippen LogP contribution in [0.25, 0.3) is 0 Å². The van der Waals surface area contributed by atoms with Crippen LogP contribution in [0.5, 0.6) is 5.75 Å². The molecule has 1 aliphatic rings. The molecule has 0 bridgehead atoms. The number of nitrogens with zero attached hydrogens (tertiary/aromatic N) is 3. The van der Waals surface area contributed by atoms with Crippen molar-refractivity contribution in [2.45, 2.75) is 39.1 Å². The van der Waals surface area contributed by atoms with Gasteiger partial charge in [-0.25, -0.2) is 0 Å². The van der Waals surface area contributed by atoms with Gasteiger partial charge in [0.1, 0.15) is 5.75 Å². The second-order valence-corrected chi connectivity index (χ2v) is 7.40. The third-order valence-corrected chi connectivity index (χ3v) is 4.98. The van der Waals surface area contributed by atoms with Crippen LogP contribution in [0.15, 0.2) is 48.7 Å². The maximum atomic E-state index is 12.8. The lowest BCUT2D eigenvalue weighted by molar-refractivity contribution is -0.132. The molecule has 0 spiro atoms. The van der Waals surface area contributed by atoms with Crippen molar-refractivity contribution < 1.29 is 14.3 Å². The zero-order chi connectivity index (χ0) is 19.9. The zero-order valence-electron chi connectivity index (χ0n) is 16.9. The smallest absolute Gasteiger partial charge is 0.237 e. The van der Waals surface area contributed by atoms with Gasteiger partial charge in [0.25, 0.3) is 0 Å². The van der Waals surface area contributed by atoms with E-state index >= 15 is 0 Å². The summed E-state index contributed by atoms with van der Waals surface area (Å²) >= 11 is 0. The predicted molar refractivity (Wildman–Crippen MR) is 108 cm³/mol. The van der Waals surface area contributed by atoms with Crippen molar-refractivity contribution in [3.8, 4) is 5.75 Å². The largest absolute Gasteiger partial charge is 0.497 e. The summed E-state index contributed by atoms with van der Waals surface area (Å²) in [4.78, 5) is 21.2. The van der Waals surface area contributed by atoms with Crippen LogP contribution in [0, 0.1) is 0 Å². The number of ether oxygens (including phenoxy) is 2. The van der Waals surface area contributed by atoms with Crippen molar-refractivity contribution in [2.24, 2.45) is 0 Å². The Balaban J connectivity index is 1.70. The van der Waals surface area contributed by atoms with Crippen LogP contribution in [-0.2, 0) is 22.7 Å². The highest BCUT2D eigenvalue weighted by Gasteiger charge is 2.29. The van der Waals surface area contributed by atoms with Gasteiger partial charge in [-0.05, 0) is 43.7 Å². The minimum Gasteiger partial charge on any atom is -0.497 e. The van der Waals surface area contributed by atoms with Gasteiger partial charge < -0.3 is 14.4 Å². The number of hydrogen-bond donors (Lipinski definition) is 0. The van der Waals surface area contributed by atoms with Crippen LogP contribution in [-0.4, -0.2) is 59.6 Å². The van der Waals surface area contributed by atoms with E-state index in [0.717, 1.165) is 23.6 Å². The number of carbonyl (C=O) groups is 1. The van der Waals surface area contributed by atoms with E-state index in [1.165, 1.54) is 0 Å². The van der Waals surface area contributed by atoms with Crippen molar-refractivity contribution in [3.63, 3.8) is 0 Å². The SMILES string of the molecule is COc1cccc(COC2CN(Cc3ccccn3)C(=O)CN(C(C)C)C2)c1. The highest BCUT2D eigenvalue weighted by Crippen LogP contribution is 2.17. The third kappa shape index (κ3) is 5.53. The minimum absolute atomic E-state index is 0.0660. The summed E-state index contributed by atoms with van der Waals surface area (Å²) in [5, 5.41) is 0. The first-order valence-electron chi connectivity index (χ1n) is 9.71. The maximum absolute atomic E-state index is 12.8. The predicted octanol–water partition coefficient (Wildman–Crippen LogP) is 2.73. The van der Waals surface area contributed by atoms with Crippen LogP contribution in [0.3, 0.4) is 0 Å². The molecule has 1 aliphatic heterocycles. The molecule has 1 saturated heterocycles. The van der Waals surface area contributed by atoms with E-state index in [-0.39, 0.29) is 18.1 Å². The second-order valence-electron chi connectivity index (χ2n) is 7.40. The molecule has 0 radical (unpaired) electrons. The summed E-state index contributed by atoms with van der Waals surface area (Å²) in [6.07, 6.45) is 1.69. The van der Waals surface area contributed by atoms with E-state index in [1.54, 1.807) is 13.3 Å². The molecule has 1 fully saturated rings. The molecule has 1 unspecified atom stereocenters. The average Bonchev–Trinajstić information content (AvgIpc) is 2.86. The number of carbonyl (C=O) groups excluding carboxylic acids is 1. The Morgan fingerprint density at radius 2 is 2.04 bits per heavy atom. The Kier molecular flexibility index (Phi) is 7.01. The number of hydrogen-bond acceptors (Lipinski definition) is 5. The Bertz CT molecular complexity index is 767. The molecular formula is C22H29N3O3. The lowest BCUT2D eigenvalue weighted by atomic mass is 10.2. The van der Waals surface area contributed by atoms with Crippen molar-refractivity contribution in [2.75, 3.05) is 26.7 Å². The van der Waals surface area contributed by atoms with Crippen molar-refractivity contribution >= 4 is 5.91 Å². The first-order valence-corrected chi connectivity index (χ1v) is 9.71. The van der Waals surface area contributed by atoms with Gasteiger partial charge in [-0.2, -0.15) is 0 Å². The fourth-order valence-electron chi connectivity index (χ4n) is 3.32. The van der Waals surface area contributed by atoms with Crippen molar-refractivity contribution in [1.82, 2.24) is 14.8 Å². The Hall–Kier alpha value is -2.44. The zero-order valence-corrected chi connectivity index (χ0v) is 16.9. The van der Waals surface area contributed by atoms with Gasteiger partial charge in [0.2, 0.25) is 5.91 Å². The number of aromatic nitrogens is 1. The third-order valence-electron chi connectivity index (χ3n) is 4.98. The van der Waals surface area contributed by atoms with E-state index in [9.17, 15) is 4.79 Å². The first kappa shape index (κ1) is 20.3. The fraction of sp³-hybridized carbons (Fsp3) is 0.455. The molecular weight excluding hydrogens is 354 g/mol. The summed E-state index contributed by atoms with van der Waals surface area (Å²) in [7, 11) is 1.66. The van der Waals surface area contributed by atoms with Gasteiger partial charge in [-0.3, -0.25) is 14.7 Å². The van der Waals surface area contributed by atoms with Gasteiger partial charge in [0, 0.05) is 25.3 Å². The fourth-order valence-corrected chi connectivity index (χ4v) is 3.32. The summed E-state index contributed by atoms with van der Waals surface area (Å²) in [5.74, 6) is 0.935. The van der Waals surface area contributed by atoms with Gasteiger partial charge in [0.15, 0.2) is 0 Å². The van der Waals surface area contributed by atoms with Gasteiger partial charge in [-0.15, -0.1) is 0 Å². The molecule has 6 heteroatoms. The molecule has 3 rings (SSSR count). The normalized spacial score (nSPS) is 18.4. The molecule has 28 heavy (non-hydrogen) atoms. The Labute approximate surface area is 167 Å². The van der Waals surface area contributed by atoms with Crippen molar-refractivity contribution in [3.05, 3.63) is 59.9 Å². The molecule has 6 nitrogen and oxygen atoms in total. The molecule has 1 atom stereocenters. The molecule has 1 aromatic carbocycles. The summed E-state index contributed by atoms with van der Waals surface area (Å²) < 4.78 is 11.5. The lowest BCUT2D eigenvalue weighted by Crippen LogP contribution is -2.39. The number of benzene rings is 1. The number of amides is 1. The summed E-state index contributed by atoms with van der Waals surface area (Å²) in [6.45, 7) is 6.91. The molecule has 2 heterocycles. The second kappa shape index (κ2) is 9.66. The summed E-state index contributed by atoms with van der Waals surface area (Å²) in [5.41, 5.74) is 1.95. The van der Waals surface area contributed by atoms with Crippen LogP contribution in [0.4, 0.5) is 0 Å². The van der Waals surface area contributed by atoms with Gasteiger partial charge in [0.05, 0.1) is 38.6 Å². The molecule has 0 saturated carbocycles. The van der Waals surface area contributed by atoms with E-state index in [4.69, 9.17) is 9.47 Å². The maximum Gasteiger partial charge on any atom is 0.237 e. The van der Waals surface area contributed by atoms with Gasteiger partial charge in [-0.1, -0.05) is 18.2 Å². The minimum atomic E-state index is -0.0660. The number of pyridine rings is 1. The molecule has 2 aromatic rings. The van der Waals surface area contributed by atoms with Crippen LogP contribution in [0.1, 0.15) is 25.1 Å². The lowest BCUT2D eigenvalue weighted by Gasteiger charge is -2.26. The van der Waals surface area contributed by atoms with E-state index in [1.807, 2.05) is 47.4 Å². The topological polar surface area (TPSA) is 54.9 Å². The van der Waals surface area contributed by atoms with Crippen molar-refractivity contribution in [1.29, 1.82) is 0 Å². The standard InChI is InChI=1S/C22H29N3O3/c1-17(2)24-13-21(28-16-18-7-6-9-20(11-18)27-3)14-25(22(26)15-24)12-19-8-4-5-10-23-19/h4-11,17,21H,12-16H2,1-3H3. The number of methoxy groups -OCH3 is 1. The quantitative estimate of drug-likeness (QED) is 0.736. The highest BCUT2D eigenvalue weighted by atomic mass is 16.5. The molecule has 1 aromatic heterocycles. The van der Waals surface area contributed by atoms with E-state index in [2.05, 4.69) is 23.7 Å². The Morgan fingerprint density at radius 3 is 2.75 bits per heavy atom. The Morgan fingerprint density at radius 1 is 1.18 bits per heavy atom. The molecule has 1 amide bonds. The number of rotatable bonds is 7. The highest BCUT2D eigenvalue weighted by molar-refractivity contribution is 5.78. The summed E-state index contributed by atoms with van der Waals surface area (Å²) in [6, 6.07) is 13.9. The molecule has 0 aliphatic carbocycles. The molecule has 150 valence electrons. The van der Waals surface area contributed by atoms with E-state index in [0.29, 0.717) is 26.2 Å². The van der Waals surface area contributed by atoms with Crippen LogP contribution < -0.4 is 4.74 Å². The van der Waals surface area contributed by atoms with Crippen LogP contribution in [0.2, 0.25) is 0 Å². The van der Waals surface area contributed by atoms with E-state index < -0.39 is 0 Å². The monoisotopic (exact) mass is 383 g/mol. The van der Waals surface area contributed by atoms with Gasteiger partial charge >= 0.3 is 0 Å².